The van der Waals surface area contributed by atoms with Crippen LogP contribution in [-0.4, -0.2) is 25.8 Å². The predicted molar refractivity (Wildman–Crippen MR) is 80.8 cm³/mol. The van der Waals surface area contributed by atoms with Crippen molar-refractivity contribution in [1.29, 1.82) is 5.41 Å². The largest absolute Gasteiger partial charge is 0.382 e. The number of aromatic amines is 1. The first-order chi connectivity index (χ1) is 9.97. The Labute approximate surface area is 126 Å². The van der Waals surface area contributed by atoms with E-state index in [0.29, 0.717) is 21.7 Å². The van der Waals surface area contributed by atoms with Gasteiger partial charge in [-0.15, -0.1) is 0 Å². The molecule has 0 spiro atoms. The molecule has 4 N–H and O–H groups in total. The van der Waals surface area contributed by atoms with Crippen LogP contribution in [0.5, 0.6) is 0 Å². The molecule has 0 aliphatic heterocycles. The zero-order chi connectivity index (χ0) is 15.4. The third-order valence-corrected chi connectivity index (χ3v) is 3.33. The Kier molecular flexibility index (Phi) is 4.69. The van der Waals surface area contributed by atoms with Crippen molar-refractivity contribution in [3.8, 4) is 0 Å². The Bertz CT molecular complexity index is 727. The first-order valence-corrected chi connectivity index (χ1v) is 7.27. The maximum Gasteiger partial charge on any atom is 0.251 e. The fourth-order valence-electron chi connectivity index (χ4n) is 1.73. The minimum Gasteiger partial charge on any atom is -0.382 e. The van der Waals surface area contributed by atoms with E-state index in [1.165, 1.54) is 6.07 Å². The number of hydrogen-bond acceptors (Lipinski definition) is 6. The van der Waals surface area contributed by atoms with Gasteiger partial charge in [-0.25, -0.2) is 15.0 Å². The minimum absolute atomic E-state index is 0.122. The van der Waals surface area contributed by atoms with Crippen molar-refractivity contribution in [3.05, 3.63) is 39.6 Å². The number of nitrogens with zero attached hydrogens (tertiary/aromatic N) is 3. The fourth-order valence-corrected chi connectivity index (χ4v) is 2.55. The van der Waals surface area contributed by atoms with Gasteiger partial charge in [-0.3, -0.25) is 10.2 Å². The summed E-state index contributed by atoms with van der Waals surface area (Å²) in [6, 6.07) is 3.13. The van der Waals surface area contributed by atoms with Gasteiger partial charge in [0.05, 0.1) is 0 Å². The Morgan fingerprint density at radius 2 is 2.14 bits per heavy atom. The average Bonchev–Trinajstić information content (AvgIpc) is 2.37. The van der Waals surface area contributed by atoms with Crippen molar-refractivity contribution in [2.75, 3.05) is 0 Å². The highest BCUT2D eigenvalue weighted by atomic mass is 32.2. The van der Waals surface area contributed by atoms with Crippen molar-refractivity contribution >= 4 is 17.6 Å². The van der Waals surface area contributed by atoms with Gasteiger partial charge in [-0.05, 0) is 31.2 Å². The summed E-state index contributed by atoms with van der Waals surface area (Å²) in [5, 5.41) is 8.27. The highest BCUT2D eigenvalue weighted by Gasteiger charge is 2.09. The normalized spacial score (nSPS) is 10.6. The van der Waals surface area contributed by atoms with Gasteiger partial charge in [0.2, 0.25) is 0 Å². The van der Waals surface area contributed by atoms with E-state index in [1.54, 1.807) is 13.0 Å². The lowest BCUT2D eigenvalue weighted by molar-refractivity contribution is 0.811. The molecule has 0 bridgehead atoms. The fraction of sp³-hybridized carbons (Fsp3) is 0.308. The molecule has 2 heterocycles. The Morgan fingerprint density at radius 1 is 1.38 bits per heavy atom. The van der Waals surface area contributed by atoms with E-state index in [-0.39, 0.29) is 11.4 Å². The average molecular weight is 304 g/mol. The molecular weight excluding hydrogens is 288 g/mol. The van der Waals surface area contributed by atoms with Gasteiger partial charge in [-0.2, -0.15) is 0 Å². The number of aryl methyl sites for hydroxylation is 2. The summed E-state index contributed by atoms with van der Waals surface area (Å²) in [6.45, 7) is 3.82. The van der Waals surface area contributed by atoms with Gasteiger partial charge in [0.1, 0.15) is 11.5 Å². The number of rotatable bonds is 5. The zero-order valence-electron chi connectivity index (χ0n) is 11.8. The number of nitrogens with two attached hydrogens (primary N) is 1. The maximum absolute atomic E-state index is 11.6. The molecule has 0 atom stereocenters. The molecule has 0 aliphatic rings. The number of aromatic nitrogens is 4. The molecule has 0 unspecified atom stereocenters. The van der Waals surface area contributed by atoms with Crippen molar-refractivity contribution in [2.45, 2.75) is 37.0 Å². The van der Waals surface area contributed by atoms with Crippen LogP contribution < -0.4 is 11.3 Å². The van der Waals surface area contributed by atoms with Crippen molar-refractivity contribution in [1.82, 2.24) is 19.9 Å². The highest BCUT2D eigenvalue weighted by Crippen LogP contribution is 2.20. The SMILES string of the molecule is CCCc1cc(=O)[nH]c(Sc2nc(C)cc(C(=N)N)n2)n1. The van der Waals surface area contributed by atoms with E-state index in [4.69, 9.17) is 11.1 Å². The van der Waals surface area contributed by atoms with Crippen LogP contribution in [0.4, 0.5) is 0 Å². The van der Waals surface area contributed by atoms with Gasteiger partial charge in [0.25, 0.3) is 5.56 Å². The van der Waals surface area contributed by atoms with Gasteiger partial charge in [0.15, 0.2) is 10.3 Å². The molecule has 0 saturated heterocycles. The second-order valence-corrected chi connectivity index (χ2v) is 5.44. The molecular formula is C13H16N6OS. The molecule has 8 heteroatoms. The topological polar surface area (TPSA) is 121 Å². The zero-order valence-corrected chi connectivity index (χ0v) is 12.6. The van der Waals surface area contributed by atoms with E-state index < -0.39 is 0 Å². The monoisotopic (exact) mass is 304 g/mol. The second kappa shape index (κ2) is 6.49. The minimum atomic E-state index is -0.199. The number of nitrogens with one attached hydrogen (secondary N) is 2. The van der Waals surface area contributed by atoms with Gasteiger partial charge < -0.3 is 10.7 Å². The van der Waals surface area contributed by atoms with E-state index in [9.17, 15) is 4.79 Å². The molecule has 0 aliphatic carbocycles. The standard InChI is InChI=1S/C13H16N6OS/c1-3-4-8-6-10(20)19-13(17-8)21-12-16-7(2)5-9(18-12)11(14)15/h5-6H,3-4H2,1-2H3,(H3,14,15)(H,17,19,20). The van der Waals surface area contributed by atoms with Gasteiger partial charge >= 0.3 is 0 Å². The van der Waals surface area contributed by atoms with E-state index in [0.717, 1.165) is 30.3 Å². The van der Waals surface area contributed by atoms with Crippen molar-refractivity contribution < 1.29 is 0 Å². The Hall–Kier alpha value is -2.22. The maximum atomic E-state index is 11.6. The molecule has 0 fully saturated rings. The summed E-state index contributed by atoms with van der Waals surface area (Å²) in [5.41, 5.74) is 7.04. The van der Waals surface area contributed by atoms with Crippen LogP contribution in [0.15, 0.2) is 27.2 Å². The number of nitrogen functional groups attached to an aromatic ring is 1. The van der Waals surface area contributed by atoms with Gasteiger partial charge in [0, 0.05) is 17.5 Å². The van der Waals surface area contributed by atoms with E-state index >= 15 is 0 Å². The van der Waals surface area contributed by atoms with Crippen LogP contribution in [0.25, 0.3) is 0 Å². The second-order valence-electron chi connectivity index (χ2n) is 4.48. The molecule has 2 rings (SSSR count). The van der Waals surface area contributed by atoms with E-state index in [1.807, 2.05) is 6.92 Å². The highest BCUT2D eigenvalue weighted by molar-refractivity contribution is 7.99. The summed E-state index contributed by atoms with van der Waals surface area (Å²) in [7, 11) is 0. The molecule has 21 heavy (non-hydrogen) atoms. The van der Waals surface area contributed by atoms with Crippen LogP contribution in [0.1, 0.15) is 30.4 Å². The summed E-state index contributed by atoms with van der Waals surface area (Å²) in [4.78, 5) is 27.1. The number of amidine groups is 1. The first-order valence-electron chi connectivity index (χ1n) is 6.46. The molecule has 2 aromatic heterocycles. The number of H-pyrrole nitrogens is 1. The van der Waals surface area contributed by atoms with Crippen LogP contribution in [0, 0.1) is 12.3 Å². The molecule has 0 aromatic carbocycles. The quantitative estimate of drug-likeness (QED) is 0.434. The number of hydrogen-bond donors (Lipinski definition) is 3. The lowest BCUT2D eigenvalue weighted by Gasteiger charge is -2.05. The molecule has 7 nitrogen and oxygen atoms in total. The lowest BCUT2D eigenvalue weighted by Crippen LogP contribution is -2.15. The summed E-state index contributed by atoms with van der Waals surface area (Å²) in [6.07, 6.45) is 1.65. The Morgan fingerprint density at radius 3 is 2.81 bits per heavy atom. The molecule has 2 aromatic rings. The van der Waals surface area contributed by atoms with Crippen LogP contribution in [0.2, 0.25) is 0 Å². The van der Waals surface area contributed by atoms with Crippen LogP contribution in [0.3, 0.4) is 0 Å². The van der Waals surface area contributed by atoms with Gasteiger partial charge in [-0.1, -0.05) is 13.3 Å². The van der Waals surface area contributed by atoms with Crippen molar-refractivity contribution in [2.24, 2.45) is 5.73 Å². The molecule has 0 amide bonds. The van der Waals surface area contributed by atoms with Crippen molar-refractivity contribution in [3.63, 3.8) is 0 Å². The summed E-state index contributed by atoms with van der Waals surface area (Å²) in [5.74, 6) is -0.122. The first kappa shape index (κ1) is 15.2. The molecule has 110 valence electrons. The lowest BCUT2D eigenvalue weighted by atomic mass is 10.2. The predicted octanol–water partition coefficient (Wildman–Crippen LogP) is 1.26. The smallest absolute Gasteiger partial charge is 0.251 e. The summed E-state index contributed by atoms with van der Waals surface area (Å²) < 4.78 is 0. The van der Waals surface area contributed by atoms with Crippen LogP contribution >= 0.6 is 11.8 Å². The van der Waals surface area contributed by atoms with E-state index in [2.05, 4.69) is 19.9 Å². The Balaban J connectivity index is 2.33. The third kappa shape index (κ3) is 4.12. The molecule has 0 radical (unpaired) electrons. The molecule has 0 saturated carbocycles. The summed E-state index contributed by atoms with van der Waals surface area (Å²) >= 11 is 1.15. The van der Waals surface area contributed by atoms with Crippen LogP contribution in [-0.2, 0) is 6.42 Å². The third-order valence-electron chi connectivity index (χ3n) is 2.58.